The predicted octanol–water partition coefficient (Wildman–Crippen LogP) is -0.584. The monoisotopic (exact) mass is 398 g/mol. The molecule has 1 aliphatic carbocycles. The van der Waals surface area contributed by atoms with E-state index in [9.17, 15) is 35.4 Å². The van der Waals surface area contributed by atoms with Gasteiger partial charge in [0, 0.05) is 6.42 Å². The molecule has 1 fully saturated rings. The summed E-state index contributed by atoms with van der Waals surface area (Å²) in [6, 6.07) is 2.67. The van der Waals surface area contributed by atoms with Gasteiger partial charge in [0.15, 0.2) is 11.5 Å². The molecule has 10 nitrogen and oxygen atoms in total. The number of aliphatic hydroxyl groups is 4. The second kappa shape index (κ2) is 7.94. The molecule has 28 heavy (non-hydrogen) atoms. The number of ether oxygens (including phenoxy) is 2. The number of aromatic hydroxyl groups is 2. The van der Waals surface area contributed by atoms with Crippen molar-refractivity contribution in [3.05, 3.63) is 23.7 Å². The molecule has 1 saturated heterocycles. The first kappa shape index (κ1) is 20.4. The second-order valence-electron chi connectivity index (χ2n) is 6.61. The maximum atomic E-state index is 11.5. The number of esters is 1. The molecule has 0 spiro atoms. The van der Waals surface area contributed by atoms with E-state index < -0.39 is 54.6 Å². The highest BCUT2D eigenvalue weighted by atomic mass is 16.6. The van der Waals surface area contributed by atoms with Crippen molar-refractivity contribution in [2.24, 2.45) is 0 Å². The Bertz CT molecular complexity index is 813. The van der Waals surface area contributed by atoms with Crippen molar-refractivity contribution in [1.82, 2.24) is 0 Å². The van der Waals surface area contributed by atoms with Crippen LogP contribution in [0.2, 0.25) is 0 Å². The van der Waals surface area contributed by atoms with Gasteiger partial charge in [-0.25, -0.2) is 0 Å². The molecule has 0 radical (unpaired) electrons. The van der Waals surface area contributed by atoms with Crippen molar-refractivity contribution >= 4 is 5.97 Å². The lowest BCUT2D eigenvalue weighted by atomic mass is 9.93. The summed E-state index contributed by atoms with van der Waals surface area (Å²) in [5, 5.41) is 59.5. The van der Waals surface area contributed by atoms with Crippen LogP contribution in [0.15, 0.2) is 16.5 Å². The Balaban J connectivity index is 2.03. The van der Waals surface area contributed by atoms with Gasteiger partial charge in [0.1, 0.15) is 42.0 Å². The molecule has 0 aromatic carbocycles. The summed E-state index contributed by atoms with van der Waals surface area (Å²) in [4.78, 5) is 11.5. The summed E-state index contributed by atoms with van der Waals surface area (Å²) in [6.45, 7) is -0.600. The summed E-state index contributed by atoms with van der Waals surface area (Å²) in [7, 11) is 1.23. The van der Waals surface area contributed by atoms with Crippen LogP contribution >= 0.6 is 0 Å². The van der Waals surface area contributed by atoms with Crippen LogP contribution in [-0.4, -0.2) is 74.7 Å². The van der Waals surface area contributed by atoms with Crippen LogP contribution in [0, 0.1) is 0 Å². The van der Waals surface area contributed by atoms with E-state index in [0.29, 0.717) is 5.56 Å². The minimum Gasteiger partial charge on any atom is -0.504 e. The van der Waals surface area contributed by atoms with E-state index in [1.165, 1.54) is 19.2 Å². The zero-order valence-corrected chi connectivity index (χ0v) is 15.0. The molecular formula is C18H22O10. The first-order valence-electron chi connectivity index (χ1n) is 8.63. The molecule has 5 atom stereocenters. The van der Waals surface area contributed by atoms with Crippen molar-refractivity contribution in [2.75, 3.05) is 13.7 Å². The smallest absolute Gasteiger partial charge is 0.305 e. The SMILES string of the molecule is COC(=O)CCc1oc([C@@H]2O[C@H](CO)[C@@H](O)[C@H](O)[C@H]2O)cc2cc(O)c(O)c1-2. The van der Waals surface area contributed by atoms with Crippen molar-refractivity contribution in [2.45, 2.75) is 43.4 Å². The van der Waals surface area contributed by atoms with Gasteiger partial charge in [0.2, 0.25) is 0 Å². The minimum atomic E-state index is -1.60. The highest BCUT2D eigenvalue weighted by molar-refractivity contribution is 5.81. The van der Waals surface area contributed by atoms with Crippen molar-refractivity contribution < 1.29 is 49.3 Å². The topological polar surface area (TPSA) is 170 Å². The Labute approximate surface area is 159 Å². The molecule has 0 unspecified atom stereocenters. The molecule has 2 aliphatic heterocycles. The van der Waals surface area contributed by atoms with Crippen LogP contribution in [0.5, 0.6) is 11.5 Å². The standard InChI is InChI=1S/C18H22O10/c1-26-12(21)3-2-9-13-7(4-8(20)14(13)22)5-10(27-9)18-17(25)16(24)15(23)11(6-19)28-18/h4-5,11,15-20,22-25H,2-3,6H2,1H3/t11-,15-,16+,17-,18+/m1/s1. The third-order valence-corrected chi connectivity index (χ3v) is 4.83. The van der Waals surface area contributed by atoms with E-state index in [2.05, 4.69) is 4.74 Å². The van der Waals surface area contributed by atoms with Gasteiger partial charge in [0.05, 0.1) is 25.7 Å². The van der Waals surface area contributed by atoms with Crippen LogP contribution in [-0.2, 0) is 20.7 Å². The van der Waals surface area contributed by atoms with Crippen molar-refractivity contribution in [3.63, 3.8) is 0 Å². The van der Waals surface area contributed by atoms with Crippen LogP contribution in [0.1, 0.15) is 24.0 Å². The average Bonchev–Trinajstić information content (AvgIpc) is 2.98. The molecule has 0 aromatic rings. The average molecular weight is 398 g/mol. The normalized spacial score (nSPS) is 27.8. The van der Waals surface area contributed by atoms with Crippen LogP contribution in [0.3, 0.4) is 0 Å². The fourth-order valence-corrected chi connectivity index (χ4v) is 3.31. The maximum Gasteiger partial charge on any atom is 0.305 e. The van der Waals surface area contributed by atoms with E-state index in [1.54, 1.807) is 0 Å². The molecule has 154 valence electrons. The third-order valence-electron chi connectivity index (χ3n) is 4.83. The number of carbonyl (C=O) groups excluding carboxylic acids is 1. The summed E-state index contributed by atoms with van der Waals surface area (Å²) in [5.41, 5.74) is 0.544. The molecule has 10 heteroatoms. The summed E-state index contributed by atoms with van der Waals surface area (Å²) >= 11 is 0. The second-order valence-corrected chi connectivity index (χ2v) is 6.61. The number of hydrogen-bond donors (Lipinski definition) is 6. The molecule has 0 bridgehead atoms. The number of aryl methyl sites for hydroxylation is 1. The molecule has 3 rings (SSSR count). The van der Waals surface area contributed by atoms with Crippen LogP contribution in [0.25, 0.3) is 11.1 Å². The lowest BCUT2D eigenvalue weighted by Gasteiger charge is -2.39. The highest BCUT2D eigenvalue weighted by Crippen LogP contribution is 2.47. The van der Waals surface area contributed by atoms with Crippen LogP contribution < -0.4 is 0 Å². The molecule has 3 aliphatic rings. The van der Waals surface area contributed by atoms with Gasteiger partial charge < -0.3 is 44.5 Å². The highest BCUT2D eigenvalue weighted by Gasteiger charge is 2.45. The maximum absolute atomic E-state index is 11.5. The largest absolute Gasteiger partial charge is 0.504 e. The zero-order valence-electron chi connectivity index (χ0n) is 15.0. The Morgan fingerprint density at radius 1 is 1.14 bits per heavy atom. The van der Waals surface area contributed by atoms with Gasteiger partial charge >= 0.3 is 5.97 Å². The predicted molar refractivity (Wildman–Crippen MR) is 91.7 cm³/mol. The van der Waals surface area contributed by atoms with E-state index in [-0.39, 0.29) is 29.9 Å². The van der Waals surface area contributed by atoms with Crippen molar-refractivity contribution in [3.8, 4) is 22.6 Å². The number of carbonyl (C=O) groups is 1. The first-order chi connectivity index (χ1) is 13.3. The zero-order chi connectivity index (χ0) is 20.6. The minimum absolute atomic E-state index is 0.0193. The number of aliphatic hydroxyl groups excluding tert-OH is 4. The number of rotatable bonds is 5. The summed E-state index contributed by atoms with van der Waals surface area (Å²) < 4.78 is 15.8. The van der Waals surface area contributed by atoms with Gasteiger partial charge in [-0.1, -0.05) is 0 Å². The lowest BCUT2D eigenvalue weighted by Crippen LogP contribution is -2.55. The summed E-state index contributed by atoms with van der Waals surface area (Å²) in [6.07, 6.45) is -7.10. The van der Waals surface area contributed by atoms with Gasteiger partial charge in [-0.05, 0) is 17.7 Å². The van der Waals surface area contributed by atoms with E-state index in [0.717, 1.165) is 0 Å². The van der Waals surface area contributed by atoms with Gasteiger partial charge in [0.25, 0.3) is 0 Å². The third kappa shape index (κ3) is 3.52. The van der Waals surface area contributed by atoms with Crippen LogP contribution in [0.4, 0.5) is 0 Å². The summed E-state index contributed by atoms with van der Waals surface area (Å²) in [5.74, 6) is -1.17. The molecule has 0 amide bonds. The lowest BCUT2D eigenvalue weighted by molar-refractivity contribution is -0.235. The van der Waals surface area contributed by atoms with E-state index in [1.807, 2.05) is 0 Å². The molecule has 6 N–H and O–H groups in total. The van der Waals surface area contributed by atoms with Gasteiger partial charge in [-0.15, -0.1) is 0 Å². The van der Waals surface area contributed by atoms with Crippen molar-refractivity contribution in [1.29, 1.82) is 0 Å². The Morgan fingerprint density at radius 3 is 2.50 bits per heavy atom. The molecule has 2 heterocycles. The number of methoxy groups -OCH3 is 1. The van der Waals surface area contributed by atoms with E-state index in [4.69, 9.17) is 9.15 Å². The number of hydrogen-bond acceptors (Lipinski definition) is 10. The number of fused-ring (bicyclic) bond motifs is 1. The van der Waals surface area contributed by atoms with Gasteiger partial charge in [-0.3, -0.25) is 4.79 Å². The molecule has 0 saturated carbocycles. The fourth-order valence-electron chi connectivity index (χ4n) is 3.31. The van der Waals surface area contributed by atoms with Gasteiger partial charge in [-0.2, -0.15) is 0 Å². The van der Waals surface area contributed by atoms with E-state index >= 15 is 0 Å². The quantitative estimate of drug-likeness (QED) is 0.358. The Kier molecular flexibility index (Phi) is 5.77. The Morgan fingerprint density at radius 2 is 1.86 bits per heavy atom. The molecule has 0 aromatic heterocycles. The Hall–Kier alpha value is -2.37. The fraction of sp³-hybridized carbons (Fsp3) is 0.500. The molecular weight excluding hydrogens is 376 g/mol. The first-order valence-corrected chi connectivity index (χ1v) is 8.63.